The van der Waals surface area contributed by atoms with Crippen molar-refractivity contribution in [2.24, 2.45) is 0 Å². The van der Waals surface area contributed by atoms with E-state index in [4.69, 9.17) is 0 Å². The summed E-state index contributed by atoms with van der Waals surface area (Å²) >= 11 is 0. The third kappa shape index (κ3) is 6.10. The molecule has 0 radical (unpaired) electrons. The number of halogens is 1. The first kappa shape index (κ1) is 23.3. The number of hydrogen-bond donors (Lipinski definition) is 1. The standard InChI is InChI=1S/C20H24FN3O5S2/c1-30(26,27)22-11-10-16-2-4-17(5-3-16)20(25)23-12-14-24(15-13-23)31(28,29)19-8-6-18(21)7-9-19/h2-9,22H,10-15H2,1H3. The van der Waals surface area contributed by atoms with Crippen molar-refractivity contribution in [1.29, 1.82) is 0 Å². The van der Waals surface area contributed by atoms with E-state index in [1.165, 1.54) is 16.4 Å². The SMILES string of the molecule is CS(=O)(=O)NCCc1ccc(C(=O)N2CCN(S(=O)(=O)c3ccc(F)cc3)CC2)cc1. The van der Waals surface area contributed by atoms with Crippen LogP contribution in [-0.4, -0.2) is 70.9 Å². The Balaban J connectivity index is 1.57. The van der Waals surface area contributed by atoms with Crippen LogP contribution in [0.4, 0.5) is 4.39 Å². The number of carbonyl (C=O) groups excluding carboxylic acids is 1. The molecule has 1 amide bonds. The Bertz CT molecular complexity index is 1130. The van der Waals surface area contributed by atoms with E-state index < -0.39 is 25.9 Å². The van der Waals surface area contributed by atoms with Gasteiger partial charge in [-0.15, -0.1) is 0 Å². The summed E-state index contributed by atoms with van der Waals surface area (Å²) < 4.78 is 64.4. The molecule has 1 fully saturated rings. The molecule has 1 N–H and O–H groups in total. The maximum Gasteiger partial charge on any atom is 0.253 e. The van der Waals surface area contributed by atoms with Gasteiger partial charge in [-0.05, 0) is 48.4 Å². The Labute approximate surface area is 181 Å². The number of nitrogens with one attached hydrogen (secondary N) is 1. The summed E-state index contributed by atoms with van der Waals surface area (Å²) in [6, 6.07) is 11.6. The molecule has 0 saturated carbocycles. The van der Waals surface area contributed by atoms with Crippen molar-refractivity contribution in [3.63, 3.8) is 0 Å². The van der Waals surface area contributed by atoms with Crippen LogP contribution in [0.5, 0.6) is 0 Å². The molecule has 0 aromatic heterocycles. The van der Waals surface area contributed by atoms with Crippen LogP contribution < -0.4 is 4.72 Å². The number of piperazine rings is 1. The van der Waals surface area contributed by atoms with Crippen LogP contribution in [-0.2, 0) is 26.5 Å². The lowest BCUT2D eigenvalue weighted by molar-refractivity contribution is 0.0698. The lowest BCUT2D eigenvalue weighted by Gasteiger charge is -2.34. The summed E-state index contributed by atoms with van der Waals surface area (Å²) in [6.07, 6.45) is 1.60. The van der Waals surface area contributed by atoms with Crippen molar-refractivity contribution < 1.29 is 26.0 Å². The van der Waals surface area contributed by atoms with Crippen molar-refractivity contribution in [1.82, 2.24) is 13.9 Å². The highest BCUT2D eigenvalue weighted by Gasteiger charge is 2.30. The van der Waals surface area contributed by atoms with Crippen molar-refractivity contribution in [3.8, 4) is 0 Å². The van der Waals surface area contributed by atoms with Crippen LogP contribution in [0.3, 0.4) is 0 Å². The number of nitrogens with zero attached hydrogens (tertiary/aromatic N) is 2. The highest BCUT2D eigenvalue weighted by atomic mass is 32.2. The molecule has 31 heavy (non-hydrogen) atoms. The highest BCUT2D eigenvalue weighted by molar-refractivity contribution is 7.89. The molecule has 168 valence electrons. The van der Waals surface area contributed by atoms with Crippen molar-refractivity contribution >= 4 is 26.0 Å². The van der Waals surface area contributed by atoms with Gasteiger partial charge in [-0.1, -0.05) is 12.1 Å². The van der Waals surface area contributed by atoms with Gasteiger partial charge in [0.25, 0.3) is 5.91 Å². The summed E-state index contributed by atoms with van der Waals surface area (Å²) in [5.74, 6) is -0.702. The molecule has 2 aromatic carbocycles. The third-order valence-electron chi connectivity index (χ3n) is 4.96. The Kier molecular flexibility index (Phi) is 7.10. The van der Waals surface area contributed by atoms with E-state index in [1.807, 2.05) is 0 Å². The summed E-state index contributed by atoms with van der Waals surface area (Å²) in [6.45, 7) is 1.08. The van der Waals surface area contributed by atoms with Gasteiger partial charge in [-0.2, -0.15) is 4.31 Å². The van der Waals surface area contributed by atoms with Crippen molar-refractivity contribution in [2.75, 3.05) is 39.0 Å². The summed E-state index contributed by atoms with van der Waals surface area (Å²) in [4.78, 5) is 14.4. The van der Waals surface area contributed by atoms with E-state index in [0.717, 1.165) is 24.0 Å². The second kappa shape index (κ2) is 9.43. The van der Waals surface area contributed by atoms with Crippen LogP contribution in [0, 0.1) is 5.82 Å². The first-order valence-electron chi connectivity index (χ1n) is 9.65. The van der Waals surface area contributed by atoms with E-state index in [1.54, 1.807) is 29.2 Å². The molecule has 11 heteroatoms. The van der Waals surface area contributed by atoms with Crippen LogP contribution in [0.1, 0.15) is 15.9 Å². The van der Waals surface area contributed by atoms with E-state index in [2.05, 4.69) is 4.72 Å². The molecular weight excluding hydrogens is 445 g/mol. The van der Waals surface area contributed by atoms with Crippen LogP contribution in [0.25, 0.3) is 0 Å². The Morgan fingerprint density at radius 1 is 0.935 bits per heavy atom. The molecule has 1 aliphatic rings. The summed E-state index contributed by atoms with van der Waals surface area (Å²) in [7, 11) is -6.98. The molecule has 0 bridgehead atoms. The fourth-order valence-electron chi connectivity index (χ4n) is 3.26. The fourth-order valence-corrected chi connectivity index (χ4v) is 5.16. The first-order valence-corrected chi connectivity index (χ1v) is 13.0. The van der Waals surface area contributed by atoms with Gasteiger partial charge < -0.3 is 4.90 Å². The smallest absolute Gasteiger partial charge is 0.253 e. The Morgan fingerprint density at radius 2 is 1.52 bits per heavy atom. The van der Waals surface area contributed by atoms with Crippen LogP contribution in [0.2, 0.25) is 0 Å². The molecule has 8 nitrogen and oxygen atoms in total. The number of sulfonamides is 2. The molecule has 1 heterocycles. The van der Waals surface area contributed by atoms with Gasteiger partial charge in [0.05, 0.1) is 11.2 Å². The zero-order valence-electron chi connectivity index (χ0n) is 17.0. The molecular formula is C20H24FN3O5S2. The predicted molar refractivity (Wildman–Crippen MR) is 114 cm³/mol. The second-order valence-corrected chi connectivity index (χ2v) is 11.0. The van der Waals surface area contributed by atoms with E-state index in [9.17, 15) is 26.0 Å². The van der Waals surface area contributed by atoms with Gasteiger partial charge in [-0.25, -0.2) is 25.9 Å². The zero-order valence-corrected chi connectivity index (χ0v) is 18.6. The third-order valence-corrected chi connectivity index (χ3v) is 7.60. The second-order valence-electron chi connectivity index (χ2n) is 7.26. The summed E-state index contributed by atoms with van der Waals surface area (Å²) in [5, 5.41) is 0. The van der Waals surface area contributed by atoms with Crippen molar-refractivity contribution in [2.45, 2.75) is 11.3 Å². The fraction of sp³-hybridized carbons (Fsp3) is 0.350. The Morgan fingerprint density at radius 3 is 2.06 bits per heavy atom. The maximum absolute atomic E-state index is 13.1. The number of rotatable bonds is 7. The monoisotopic (exact) mass is 469 g/mol. The minimum absolute atomic E-state index is 0.0228. The van der Waals surface area contributed by atoms with Gasteiger partial charge >= 0.3 is 0 Å². The van der Waals surface area contributed by atoms with E-state index in [0.29, 0.717) is 12.0 Å². The lowest BCUT2D eigenvalue weighted by atomic mass is 10.1. The molecule has 0 unspecified atom stereocenters. The minimum atomic E-state index is -3.74. The van der Waals surface area contributed by atoms with Gasteiger partial charge in [0, 0.05) is 38.3 Å². The Hall–Kier alpha value is -2.34. The van der Waals surface area contributed by atoms with E-state index >= 15 is 0 Å². The quantitative estimate of drug-likeness (QED) is 0.653. The molecule has 3 rings (SSSR count). The molecule has 0 aliphatic carbocycles. The van der Waals surface area contributed by atoms with Gasteiger partial charge in [0.1, 0.15) is 5.82 Å². The van der Waals surface area contributed by atoms with Crippen LogP contribution >= 0.6 is 0 Å². The average molecular weight is 470 g/mol. The van der Waals surface area contributed by atoms with E-state index in [-0.39, 0.29) is 43.5 Å². The topological polar surface area (TPSA) is 104 Å². The normalized spacial score (nSPS) is 15.7. The molecule has 1 saturated heterocycles. The van der Waals surface area contributed by atoms with Crippen molar-refractivity contribution in [3.05, 3.63) is 65.5 Å². The number of benzene rings is 2. The van der Waals surface area contributed by atoms with Crippen LogP contribution in [0.15, 0.2) is 53.4 Å². The number of carbonyl (C=O) groups is 1. The van der Waals surface area contributed by atoms with Gasteiger partial charge in [0.15, 0.2) is 0 Å². The molecule has 2 aromatic rings. The average Bonchev–Trinajstić information content (AvgIpc) is 2.73. The number of hydrogen-bond acceptors (Lipinski definition) is 5. The molecule has 1 aliphatic heterocycles. The highest BCUT2D eigenvalue weighted by Crippen LogP contribution is 2.19. The molecule has 0 spiro atoms. The largest absolute Gasteiger partial charge is 0.336 e. The number of amides is 1. The van der Waals surface area contributed by atoms with Gasteiger partial charge in [0.2, 0.25) is 20.0 Å². The minimum Gasteiger partial charge on any atom is -0.336 e. The lowest BCUT2D eigenvalue weighted by Crippen LogP contribution is -2.50. The first-order chi connectivity index (χ1) is 14.6. The molecule has 0 atom stereocenters. The predicted octanol–water partition coefficient (Wildman–Crippen LogP) is 1.06. The summed E-state index contributed by atoms with van der Waals surface area (Å²) in [5.41, 5.74) is 1.37. The maximum atomic E-state index is 13.1. The van der Waals surface area contributed by atoms with Gasteiger partial charge in [-0.3, -0.25) is 4.79 Å². The zero-order chi connectivity index (χ0) is 22.6.